The van der Waals surface area contributed by atoms with Gasteiger partial charge in [-0.1, -0.05) is 16.8 Å². The van der Waals surface area contributed by atoms with Crippen molar-refractivity contribution in [3.63, 3.8) is 0 Å². The van der Waals surface area contributed by atoms with E-state index in [1.807, 2.05) is 6.07 Å². The molecular formula is C9H6ClNO3S2. The molecule has 0 unspecified atom stereocenters. The average molecular weight is 276 g/mol. The number of halogens is 1. The molecule has 0 bridgehead atoms. The number of carboxylic acid groups (broad SMARTS) is 1. The predicted molar refractivity (Wildman–Crippen MR) is 65.9 cm³/mol. The van der Waals surface area contributed by atoms with Crippen LogP contribution in [0.2, 0.25) is 4.34 Å². The lowest BCUT2D eigenvalue weighted by atomic mass is 10.3. The Hall–Kier alpha value is -1.11. The van der Waals surface area contributed by atoms with Gasteiger partial charge in [-0.15, -0.1) is 22.7 Å². The van der Waals surface area contributed by atoms with Crippen molar-refractivity contribution in [2.45, 2.75) is 0 Å². The highest BCUT2D eigenvalue weighted by Gasteiger charge is 2.17. The van der Waals surface area contributed by atoms with Crippen LogP contribution in [-0.4, -0.2) is 23.9 Å². The number of oxime groups is 1. The van der Waals surface area contributed by atoms with E-state index in [1.54, 1.807) is 6.07 Å². The summed E-state index contributed by atoms with van der Waals surface area (Å²) >= 11 is 8.57. The number of carboxylic acids is 1. The summed E-state index contributed by atoms with van der Waals surface area (Å²) < 4.78 is 2.60. The lowest BCUT2D eigenvalue weighted by molar-refractivity contribution is -0.129. The van der Waals surface area contributed by atoms with Gasteiger partial charge in [-0.25, -0.2) is 4.79 Å². The minimum absolute atomic E-state index is 0.0907. The van der Waals surface area contributed by atoms with Crippen LogP contribution in [0, 0.1) is 0 Å². The summed E-state index contributed by atoms with van der Waals surface area (Å²) in [7, 11) is 1.32. The summed E-state index contributed by atoms with van der Waals surface area (Å²) in [6, 6.07) is 3.56. The first-order valence-electron chi connectivity index (χ1n) is 4.15. The van der Waals surface area contributed by atoms with E-state index in [1.165, 1.54) is 29.8 Å². The second-order valence-corrected chi connectivity index (χ2v) is 5.62. The fourth-order valence-corrected chi connectivity index (χ4v) is 3.72. The second-order valence-electron chi connectivity index (χ2n) is 2.82. The Balaban J connectivity index is 2.49. The minimum Gasteiger partial charge on any atom is -0.476 e. The highest BCUT2D eigenvalue weighted by atomic mass is 35.5. The first-order chi connectivity index (χ1) is 7.61. The zero-order valence-electron chi connectivity index (χ0n) is 8.06. The fourth-order valence-electron chi connectivity index (χ4n) is 1.20. The molecule has 0 fully saturated rings. The van der Waals surface area contributed by atoms with Crippen molar-refractivity contribution in [2.75, 3.05) is 7.11 Å². The molecule has 7 heteroatoms. The normalized spacial score (nSPS) is 12.0. The summed E-state index contributed by atoms with van der Waals surface area (Å²) in [5.41, 5.74) is -0.0907. The van der Waals surface area contributed by atoms with Crippen LogP contribution in [0.15, 0.2) is 17.3 Å². The van der Waals surface area contributed by atoms with Crippen LogP contribution in [0.4, 0.5) is 0 Å². The first-order valence-corrected chi connectivity index (χ1v) is 6.16. The summed E-state index contributed by atoms with van der Waals surface area (Å²) in [5.74, 6) is -1.11. The van der Waals surface area contributed by atoms with Crippen LogP contribution >= 0.6 is 34.3 Å². The third-order valence-corrected chi connectivity index (χ3v) is 4.22. The Morgan fingerprint density at radius 1 is 1.44 bits per heavy atom. The molecule has 0 amide bonds. The Bertz CT molecular complexity index is 541. The highest BCUT2D eigenvalue weighted by Crippen LogP contribution is 2.35. The van der Waals surface area contributed by atoms with Crippen molar-refractivity contribution in [1.82, 2.24) is 0 Å². The van der Waals surface area contributed by atoms with Gasteiger partial charge >= 0.3 is 5.97 Å². The molecule has 0 radical (unpaired) electrons. The average Bonchev–Trinajstić information content (AvgIpc) is 2.70. The number of nitrogens with zero attached hydrogens (tertiary/aromatic N) is 1. The number of carbonyl (C=O) groups is 1. The van der Waals surface area contributed by atoms with Crippen molar-refractivity contribution in [3.8, 4) is 0 Å². The molecule has 0 aliphatic carbocycles. The van der Waals surface area contributed by atoms with Gasteiger partial charge in [0.05, 0.1) is 9.21 Å². The molecule has 0 aliphatic rings. The fraction of sp³-hybridized carbons (Fsp3) is 0.111. The van der Waals surface area contributed by atoms with Crippen LogP contribution in [-0.2, 0) is 9.63 Å². The maximum absolute atomic E-state index is 10.9. The summed E-state index contributed by atoms with van der Waals surface area (Å²) in [4.78, 5) is 16.0. The second kappa shape index (κ2) is 4.40. The largest absolute Gasteiger partial charge is 0.476 e. The van der Waals surface area contributed by atoms with E-state index >= 15 is 0 Å². The Morgan fingerprint density at radius 2 is 2.12 bits per heavy atom. The molecule has 0 atom stereocenters. The molecule has 0 saturated carbocycles. The van der Waals surface area contributed by atoms with Crippen LogP contribution in [0.3, 0.4) is 0 Å². The van der Waals surface area contributed by atoms with Gasteiger partial charge < -0.3 is 9.94 Å². The maximum Gasteiger partial charge on any atom is 0.359 e. The van der Waals surface area contributed by atoms with Gasteiger partial charge in [0.2, 0.25) is 5.71 Å². The minimum atomic E-state index is -1.11. The van der Waals surface area contributed by atoms with Gasteiger partial charge in [0, 0.05) is 9.40 Å². The van der Waals surface area contributed by atoms with Gasteiger partial charge in [0.1, 0.15) is 7.11 Å². The highest BCUT2D eigenvalue weighted by molar-refractivity contribution is 7.30. The molecule has 0 saturated heterocycles. The topological polar surface area (TPSA) is 58.9 Å². The summed E-state index contributed by atoms with van der Waals surface area (Å²) in [6.07, 6.45) is 0. The summed E-state index contributed by atoms with van der Waals surface area (Å²) in [5, 5.41) is 12.4. The number of fused-ring (bicyclic) bond motifs is 1. The Kier molecular flexibility index (Phi) is 3.13. The molecule has 4 nitrogen and oxygen atoms in total. The van der Waals surface area contributed by atoms with Crippen molar-refractivity contribution in [2.24, 2.45) is 5.16 Å². The molecule has 2 heterocycles. The number of thiophene rings is 2. The van der Waals surface area contributed by atoms with E-state index in [4.69, 9.17) is 16.7 Å². The van der Waals surface area contributed by atoms with Crippen LogP contribution in [0.25, 0.3) is 9.40 Å². The van der Waals surface area contributed by atoms with Crippen molar-refractivity contribution < 1.29 is 14.7 Å². The Labute approximate surface area is 104 Å². The van der Waals surface area contributed by atoms with E-state index in [0.29, 0.717) is 9.21 Å². The molecule has 0 aliphatic heterocycles. The monoisotopic (exact) mass is 275 g/mol. The van der Waals surface area contributed by atoms with Gasteiger partial charge in [0.15, 0.2) is 0 Å². The first kappa shape index (κ1) is 11.4. The lowest BCUT2D eigenvalue weighted by Gasteiger charge is -1.95. The predicted octanol–water partition coefficient (Wildman–Crippen LogP) is 3.05. The van der Waals surface area contributed by atoms with E-state index < -0.39 is 5.97 Å². The number of hydrogen-bond donors (Lipinski definition) is 1. The third-order valence-electron chi connectivity index (χ3n) is 1.80. The summed E-state index contributed by atoms with van der Waals surface area (Å²) in [6.45, 7) is 0. The van der Waals surface area contributed by atoms with Crippen LogP contribution in [0.5, 0.6) is 0 Å². The molecule has 2 aromatic rings. The molecule has 0 aromatic carbocycles. The molecular weight excluding hydrogens is 270 g/mol. The molecule has 1 N–H and O–H groups in total. The van der Waals surface area contributed by atoms with Gasteiger partial charge in [-0.2, -0.15) is 0 Å². The van der Waals surface area contributed by atoms with E-state index in [2.05, 4.69) is 9.99 Å². The van der Waals surface area contributed by atoms with Crippen molar-refractivity contribution in [3.05, 3.63) is 21.3 Å². The Morgan fingerprint density at radius 3 is 2.69 bits per heavy atom. The molecule has 2 aromatic heterocycles. The molecule has 2 rings (SSSR count). The van der Waals surface area contributed by atoms with E-state index in [-0.39, 0.29) is 5.71 Å². The maximum atomic E-state index is 10.9. The van der Waals surface area contributed by atoms with Crippen LogP contribution < -0.4 is 0 Å². The third kappa shape index (κ3) is 2.04. The quantitative estimate of drug-likeness (QED) is 0.692. The SMILES string of the molecule is CO/N=C(/C(=O)O)c1cc2sc(Cl)cc2s1. The van der Waals surface area contributed by atoms with Gasteiger partial charge in [-0.05, 0) is 12.1 Å². The van der Waals surface area contributed by atoms with Crippen molar-refractivity contribution in [1.29, 1.82) is 0 Å². The molecule has 0 spiro atoms. The van der Waals surface area contributed by atoms with E-state index in [0.717, 1.165) is 9.40 Å². The van der Waals surface area contributed by atoms with Gasteiger partial charge in [0.25, 0.3) is 0 Å². The number of rotatable bonds is 3. The zero-order valence-corrected chi connectivity index (χ0v) is 10.4. The molecule has 16 heavy (non-hydrogen) atoms. The molecule has 84 valence electrons. The van der Waals surface area contributed by atoms with Gasteiger partial charge in [-0.3, -0.25) is 0 Å². The lowest BCUT2D eigenvalue weighted by Crippen LogP contribution is -2.13. The number of aliphatic carboxylic acids is 1. The van der Waals surface area contributed by atoms with Crippen molar-refractivity contribution >= 4 is 55.4 Å². The number of hydrogen-bond acceptors (Lipinski definition) is 5. The standard InChI is InChI=1S/C9H6ClNO3S2/c1-14-11-8(9(12)13)6-2-4-5(15-6)3-7(10)16-4/h2-3H,1H3,(H,12,13)/b11-8+. The zero-order chi connectivity index (χ0) is 11.7. The van der Waals surface area contributed by atoms with E-state index in [9.17, 15) is 4.79 Å². The van der Waals surface area contributed by atoms with Crippen LogP contribution in [0.1, 0.15) is 4.88 Å². The smallest absolute Gasteiger partial charge is 0.359 e.